The summed E-state index contributed by atoms with van der Waals surface area (Å²) in [7, 11) is 0. The van der Waals surface area contributed by atoms with Crippen molar-refractivity contribution in [3.8, 4) is 12.1 Å². The maximum absolute atomic E-state index is 8.83. The third-order valence-electron chi connectivity index (χ3n) is 2.25. The van der Waals surface area contributed by atoms with E-state index >= 15 is 0 Å². The van der Waals surface area contributed by atoms with Gasteiger partial charge in [0.05, 0.1) is 0 Å². The van der Waals surface area contributed by atoms with Crippen LogP contribution in [-0.4, -0.2) is 0 Å². The van der Waals surface area contributed by atoms with Crippen molar-refractivity contribution >= 4 is 5.57 Å². The van der Waals surface area contributed by atoms with Gasteiger partial charge in [-0.15, -0.1) is 0 Å². The molecule has 1 aromatic carbocycles. The molecule has 0 aliphatic carbocycles. The zero-order valence-electron chi connectivity index (χ0n) is 8.91. The first-order valence-electron chi connectivity index (χ1n) is 4.83. The SMILES string of the molecule is CCC(=C(C#N)C#N)c1cccc(C)c1. The molecule has 0 aromatic heterocycles. The van der Waals surface area contributed by atoms with Gasteiger partial charge in [0.1, 0.15) is 17.7 Å². The molecule has 0 radical (unpaired) electrons. The summed E-state index contributed by atoms with van der Waals surface area (Å²) in [5, 5.41) is 17.7. The maximum atomic E-state index is 8.83. The fourth-order valence-electron chi connectivity index (χ4n) is 1.52. The van der Waals surface area contributed by atoms with Gasteiger partial charge in [0, 0.05) is 0 Å². The standard InChI is InChI=1S/C13H12N2/c1-3-13(12(8-14)9-15)11-6-4-5-10(2)7-11/h4-7H,3H2,1-2H3. The van der Waals surface area contributed by atoms with Gasteiger partial charge >= 0.3 is 0 Å². The molecule has 0 bridgehead atoms. The lowest BCUT2D eigenvalue weighted by atomic mass is 9.97. The van der Waals surface area contributed by atoms with Crippen molar-refractivity contribution in [2.24, 2.45) is 0 Å². The summed E-state index contributed by atoms with van der Waals surface area (Å²) in [6.07, 6.45) is 0.694. The average Bonchev–Trinajstić information content (AvgIpc) is 2.25. The predicted molar refractivity (Wildman–Crippen MR) is 59.6 cm³/mol. The van der Waals surface area contributed by atoms with Crippen LogP contribution in [0.25, 0.3) is 5.57 Å². The maximum Gasteiger partial charge on any atom is 0.133 e. The van der Waals surface area contributed by atoms with Crippen LogP contribution in [0.1, 0.15) is 24.5 Å². The molecule has 2 nitrogen and oxygen atoms in total. The first kappa shape index (κ1) is 11.0. The molecule has 0 saturated carbocycles. The molecule has 0 atom stereocenters. The third kappa shape index (κ3) is 2.45. The Morgan fingerprint density at radius 1 is 1.27 bits per heavy atom. The molecule has 15 heavy (non-hydrogen) atoms. The second-order valence-electron chi connectivity index (χ2n) is 3.30. The zero-order valence-corrected chi connectivity index (χ0v) is 8.91. The van der Waals surface area contributed by atoms with Crippen molar-refractivity contribution in [2.45, 2.75) is 20.3 Å². The highest BCUT2D eigenvalue weighted by Gasteiger charge is 2.06. The second-order valence-corrected chi connectivity index (χ2v) is 3.30. The molecule has 1 rings (SSSR count). The minimum atomic E-state index is 0.211. The fourth-order valence-corrected chi connectivity index (χ4v) is 1.52. The number of nitrogens with zero attached hydrogens (tertiary/aromatic N) is 2. The number of benzene rings is 1. The molecule has 0 amide bonds. The summed E-state index contributed by atoms with van der Waals surface area (Å²) in [5.74, 6) is 0. The first-order valence-corrected chi connectivity index (χ1v) is 4.83. The van der Waals surface area contributed by atoms with Crippen LogP contribution in [0.4, 0.5) is 0 Å². The molecule has 1 aromatic rings. The quantitative estimate of drug-likeness (QED) is 0.682. The van der Waals surface area contributed by atoms with Gasteiger partial charge in [-0.1, -0.05) is 36.8 Å². The van der Waals surface area contributed by atoms with Crippen molar-refractivity contribution in [3.05, 3.63) is 41.0 Å². The molecular formula is C13H12N2. The van der Waals surface area contributed by atoms with Gasteiger partial charge in [0.15, 0.2) is 0 Å². The fraction of sp³-hybridized carbons (Fsp3) is 0.231. The molecule has 0 N–H and O–H groups in total. The first-order chi connectivity index (χ1) is 7.22. The summed E-state index contributed by atoms with van der Waals surface area (Å²) in [6.45, 7) is 3.95. The number of nitriles is 2. The third-order valence-corrected chi connectivity index (χ3v) is 2.25. The van der Waals surface area contributed by atoms with E-state index in [1.165, 1.54) is 0 Å². The number of allylic oxidation sites excluding steroid dienone is 2. The Morgan fingerprint density at radius 3 is 2.40 bits per heavy atom. The number of rotatable bonds is 2. The Morgan fingerprint density at radius 2 is 1.93 bits per heavy atom. The summed E-state index contributed by atoms with van der Waals surface area (Å²) >= 11 is 0. The van der Waals surface area contributed by atoms with Gasteiger partial charge in [-0.3, -0.25) is 0 Å². The molecule has 0 aliphatic rings. The molecule has 0 spiro atoms. The van der Waals surface area contributed by atoms with E-state index in [1.807, 2.05) is 50.3 Å². The number of hydrogen-bond donors (Lipinski definition) is 0. The van der Waals surface area contributed by atoms with Crippen LogP contribution in [-0.2, 0) is 0 Å². The molecule has 0 heterocycles. The normalized spacial score (nSPS) is 8.80. The molecule has 0 aliphatic heterocycles. The minimum Gasteiger partial charge on any atom is -0.192 e. The highest BCUT2D eigenvalue weighted by molar-refractivity contribution is 5.75. The van der Waals surface area contributed by atoms with E-state index < -0.39 is 0 Å². The topological polar surface area (TPSA) is 47.6 Å². The summed E-state index contributed by atoms with van der Waals surface area (Å²) in [4.78, 5) is 0. The summed E-state index contributed by atoms with van der Waals surface area (Å²) < 4.78 is 0. The van der Waals surface area contributed by atoms with Crippen LogP contribution in [0.15, 0.2) is 29.8 Å². The van der Waals surface area contributed by atoms with Crippen LogP contribution >= 0.6 is 0 Å². The Bertz CT molecular complexity index is 454. The van der Waals surface area contributed by atoms with E-state index in [4.69, 9.17) is 10.5 Å². The van der Waals surface area contributed by atoms with Gasteiger partial charge in [-0.05, 0) is 24.5 Å². The van der Waals surface area contributed by atoms with Gasteiger partial charge in [-0.2, -0.15) is 10.5 Å². The van der Waals surface area contributed by atoms with Crippen molar-refractivity contribution in [1.82, 2.24) is 0 Å². The van der Waals surface area contributed by atoms with E-state index in [0.29, 0.717) is 6.42 Å². The predicted octanol–water partition coefficient (Wildman–Crippen LogP) is 3.21. The average molecular weight is 196 g/mol. The molecule has 0 fully saturated rings. The molecule has 74 valence electrons. The highest BCUT2D eigenvalue weighted by Crippen LogP contribution is 2.22. The van der Waals surface area contributed by atoms with E-state index in [2.05, 4.69) is 0 Å². The van der Waals surface area contributed by atoms with E-state index in [0.717, 1.165) is 16.7 Å². The molecule has 0 unspecified atom stereocenters. The highest BCUT2D eigenvalue weighted by atomic mass is 14.3. The largest absolute Gasteiger partial charge is 0.192 e. The van der Waals surface area contributed by atoms with Gasteiger partial charge in [0.2, 0.25) is 0 Å². The monoisotopic (exact) mass is 196 g/mol. The van der Waals surface area contributed by atoms with Crippen LogP contribution in [0.3, 0.4) is 0 Å². The minimum absolute atomic E-state index is 0.211. The smallest absolute Gasteiger partial charge is 0.133 e. The van der Waals surface area contributed by atoms with Crippen molar-refractivity contribution in [2.75, 3.05) is 0 Å². The van der Waals surface area contributed by atoms with Gasteiger partial charge < -0.3 is 0 Å². The Hall–Kier alpha value is -2.06. The lowest BCUT2D eigenvalue weighted by Crippen LogP contribution is -1.88. The summed E-state index contributed by atoms with van der Waals surface area (Å²) in [5.41, 5.74) is 3.14. The number of aryl methyl sites for hydroxylation is 1. The zero-order chi connectivity index (χ0) is 11.3. The summed E-state index contributed by atoms with van der Waals surface area (Å²) in [6, 6.07) is 11.7. The van der Waals surface area contributed by atoms with E-state index in [9.17, 15) is 0 Å². The van der Waals surface area contributed by atoms with Crippen molar-refractivity contribution in [3.63, 3.8) is 0 Å². The molecule has 2 heteroatoms. The Labute approximate surface area is 90.1 Å². The Balaban J connectivity index is 3.33. The van der Waals surface area contributed by atoms with Crippen LogP contribution in [0, 0.1) is 29.6 Å². The lowest BCUT2D eigenvalue weighted by molar-refractivity contribution is 1.22. The van der Waals surface area contributed by atoms with E-state index in [1.54, 1.807) is 0 Å². The van der Waals surface area contributed by atoms with E-state index in [-0.39, 0.29) is 5.57 Å². The van der Waals surface area contributed by atoms with Crippen molar-refractivity contribution in [1.29, 1.82) is 10.5 Å². The lowest BCUT2D eigenvalue weighted by Gasteiger charge is -2.05. The van der Waals surface area contributed by atoms with Crippen LogP contribution in [0.5, 0.6) is 0 Å². The number of hydrogen-bond acceptors (Lipinski definition) is 2. The molecule has 0 saturated heterocycles. The molecular weight excluding hydrogens is 184 g/mol. The van der Waals surface area contributed by atoms with Crippen LogP contribution < -0.4 is 0 Å². The van der Waals surface area contributed by atoms with Crippen molar-refractivity contribution < 1.29 is 0 Å². The Kier molecular flexibility index (Phi) is 3.66. The second kappa shape index (κ2) is 4.98. The van der Waals surface area contributed by atoms with Gasteiger partial charge in [-0.25, -0.2) is 0 Å². The van der Waals surface area contributed by atoms with Crippen LogP contribution in [0.2, 0.25) is 0 Å². The van der Waals surface area contributed by atoms with Gasteiger partial charge in [0.25, 0.3) is 0 Å².